The summed E-state index contributed by atoms with van der Waals surface area (Å²) < 4.78 is 0. The van der Waals surface area contributed by atoms with Gasteiger partial charge in [-0.05, 0) is 32.9 Å². The lowest BCUT2D eigenvalue weighted by atomic mass is 10.1. The van der Waals surface area contributed by atoms with Gasteiger partial charge >= 0.3 is 0 Å². The minimum atomic E-state index is -0.0279. The minimum absolute atomic E-state index is 0.0186. The third kappa shape index (κ3) is 3.07. The summed E-state index contributed by atoms with van der Waals surface area (Å²) in [6.07, 6.45) is 1.86. The Kier molecular flexibility index (Phi) is 4.07. The molecule has 0 fully saturated rings. The molecule has 0 saturated carbocycles. The monoisotopic (exact) mass is 220 g/mol. The number of aromatic nitrogens is 1. The van der Waals surface area contributed by atoms with Crippen molar-refractivity contribution in [1.29, 1.82) is 0 Å². The largest absolute Gasteiger partial charge is 0.390 e. The maximum absolute atomic E-state index is 9.08. The van der Waals surface area contributed by atoms with Crippen LogP contribution in [0.5, 0.6) is 0 Å². The highest BCUT2D eigenvalue weighted by atomic mass is 16.3. The third-order valence-corrected chi connectivity index (χ3v) is 2.35. The van der Waals surface area contributed by atoms with Crippen LogP contribution in [-0.4, -0.2) is 22.2 Å². The zero-order valence-electron chi connectivity index (χ0n) is 10.3. The molecule has 0 bridgehead atoms. The van der Waals surface area contributed by atoms with Crippen molar-refractivity contribution in [3.63, 3.8) is 0 Å². The van der Waals surface area contributed by atoms with E-state index in [9.17, 15) is 0 Å². The van der Waals surface area contributed by atoms with E-state index in [4.69, 9.17) is 5.11 Å². The highest BCUT2D eigenvalue weighted by molar-refractivity contribution is 5.42. The van der Waals surface area contributed by atoms with E-state index >= 15 is 0 Å². The molecular formula is C13H20N2O. The molecule has 0 aliphatic rings. The Balaban J connectivity index is 3.05. The molecular weight excluding hydrogens is 200 g/mol. The molecule has 0 aromatic carbocycles. The maximum atomic E-state index is 9.08. The number of nitrogens with zero attached hydrogens (tertiary/aromatic N) is 2. The summed E-state index contributed by atoms with van der Waals surface area (Å²) in [7, 11) is 0. The lowest BCUT2D eigenvalue weighted by Gasteiger charge is -2.36. The maximum Gasteiger partial charge on any atom is 0.129 e. The summed E-state index contributed by atoms with van der Waals surface area (Å²) in [5.74, 6) is 0.874. The Labute approximate surface area is 97.4 Å². The lowest BCUT2D eigenvalue weighted by molar-refractivity contribution is 0.277. The second-order valence-electron chi connectivity index (χ2n) is 4.72. The SMILES string of the molecule is C=CCN(c1cccc(CO)n1)C(C)(C)C. The molecule has 1 heterocycles. The molecule has 0 radical (unpaired) electrons. The van der Waals surface area contributed by atoms with Gasteiger partial charge in [-0.3, -0.25) is 0 Å². The van der Waals surface area contributed by atoms with Crippen LogP contribution in [0.1, 0.15) is 26.5 Å². The van der Waals surface area contributed by atoms with Crippen molar-refractivity contribution < 1.29 is 5.11 Å². The molecule has 16 heavy (non-hydrogen) atoms. The van der Waals surface area contributed by atoms with Crippen LogP contribution in [0.4, 0.5) is 5.82 Å². The molecule has 0 aliphatic carbocycles. The number of hydrogen-bond acceptors (Lipinski definition) is 3. The average Bonchev–Trinajstić information content (AvgIpc) is 2.24. The Bertz CT molecular complexity index is 355. The molecule has 3 heteroatoms. The fourth-order valence-electron chi connectivity index (χ4n) is 1.55. The van der Waals surface area contributed by atoms with Crippen LogP contribution in [0, 0.1) is 0 Å². The topological polar surface area (TPSA) is 36.4 Å². The molecule has 0 aliphatic heterocycles. The Morgan fingerprint density at radius 1 is 1.44 bits per heavy atom. The summed E-state index contributed by atoms with van der Waals surface area (Å²) >= 11 is 0. The molecule has 0 saturated heterocycles. The molecule has 1 aromatic heterocycles. The van der Waals surface area contributed by atoms with Gasteiger partial charge in [0.25, 0.3) is 0 Å². The summed E-state index contributed by atoms with van der Waals surface area (Å²) in [5.41, 5.74) is 0.672. The van der Waals surface area contributed by atoms with Crippen LogP contribution in [0.25, 0.3) is 0 Å². The summed E-state index contributed by atoms with van der Waals surface area (Å²) in [6, 6.07) is 5.68. The third-order valence-electron chi connectivity index (χ3n) is 2.35. The van der Waals surface area contributed by atoms with E-state index in [-0.39, 0.29) is 12.1 Å². The van der Waals surface area contributed by atoms with E-state index in [0.717, 1.165) is 12.4 Å². The van der Waals surface area contributed by atoms with Gasteiger partial charge in [-0.15, -0.1) is 6.58 Å². The van der Waals surface area contributed by atoms with E-state index < -0.39 is 0 Å². The van der Waals surface area contributed by atoms with E-state index in [1.165, 1.54) is 0 Å². The fraction of sp³-hybridized carbons (Fsp3) is 0.462. The second-order valence-corrected chi connectivity index (χ2v) is 4.72. The van der Waals surface area contributed by atoms with Gasteiger partial charge in [-0.25, -0.2) is 4.98 Å². The molecule has 0 atom stereocenters. The Morgan fingerprint density at radius 2 is 2.12 bits per heavy atom. The van der Waals surface area contributed by atoms with E-state index in [1.54, 1.807) is 0 Å². The van der Waals surface area contributed by atoms with Crippen molar-refractivity contribution in [3.8, 4) is 0 Å². The standard InChI is InChI=1S/C13H20N2O/c1-5-9-15(13(2,3)4)12-8-6-7-11(10-16)14-12/h5-8,16H,1,9-10H2,2-4H3. The average molecular weight is 220 g/mol. The van der Waals surface area contributed by atoms with E-state index in [1.807, 2.05) is 24.3 Å². The van der Waals surface area contributed by atoms with E-state index in [2.05, 4.69) is 37.2 Å². The van der Waals surface area contributed by atoms with Crippen molar-refractivity contribution in [2.24, 2.45) is 0 Å². The Morgan fingerprint density at radius 3 is 2.62 bits per heavy atom. The highest BCUT2D eigenvalue weighted by Gasteiger charge is 2.21. The molecule has 1 N–H and O–H groups in total. The van der Waals surface area contributed by atoms with Crippen LogP contribution in [0.3, 0.4) is 0 Å². The lowest BCUT2D eigenvalue weighted by Crippen LogP contribution is -2.42. The van der Waals surface area contributed by atoms with Crippen LogP contribution < -0.4 is 4.90 Å². The Hall–Kier alpha value is -1.35. The summed E-state index contributed by atoms with van der Waals surface area (Å²) in [5, 5.41) is 9.08. The quantitative estimate of drug-likeness (QED) is 0.791. The van der Waals surface area contributed by atoms with Gasteiger partial charge in [0.1, 0.15) is 5.82 Å². The van der Waals surface area contributed by atoms with Gasteiger partial charge in [-0.2, -0.15) is 0 Å². The first kappa shape index (κ1) is 12.7. The van der Waals surface area contributed by atoms with Crippen molar-refractivity contribution >= 4 is 5.82 Å². The normalized spacial score (nSPS) is 11.2. The minimum Gasteiger partial charge on any atom is -0.390 e. The zero-order valence-corrected chi connectivity index (χ0v) is 10.3. The first-order valence-electron chi connectivity index (χ1n) is 5.44. The number of rotatable bonds is 4. The summed E-state index contributed by atoms with van der Waals surface area (Å²) in [6.45, 7) is 10.9. The van der Waals surface area contributed by atoms with Gasteiger partial charge in [0.05, 0.1) is 12.3 Å². The molecule has 0 amide bonds. The van der Waals surface area contributed by atoms with Gasteiger partial charge in [0.2, 0.25) is 0 Å². The second kappa shape index (κ2) is 5.12. The number of aliphatic hydroxyl groups excluding tert-OH is 1. The van der Waals surface area contributed by atoms with Gasteiger partial charge in [0.15, 0.2) is 0 Å². The molecule has 1 aromatic rings. The number of hydrogen-bond donors (Lipinski definition) is 1. The van der Waals surface area contributed by atoms with Crippen molar-refractivity contribution in [1.82, 2.24) is 4.98 Å². The van der Waals surface area contributed by atoms with Gasteiger partial charge in [-0.1, -0.05) is 12.1 Å². The van der Waals surface area contributed by atoms with Crippen molar-refractivity contribution in [3.05, 3.63) is 36.5 Å². The van der Waals surface area contributed by atoms with Crippen molar-refractivity contribution in [2.45, 2.75) is 32.9 Å². The number of anilines is 1. The number of pyridine rings is 1. The molecule has 0 unspecified atom stereocenters. The smallest absolute Gasteiger partial charge is 0.129 e. The first-order chi connectivity index (χ1) is 7.49. The van der Waals surface area contributed by atoms with Crippen LogP contribution in [-0.2, 0) is 6.61 Å². The fourth-order valence-corrected chi connectivity index (χ4v) is 1.55. The first-order valence-corrected chi connectivity index (χ1v) is 5.44. The predicted molar refractivity (Wildman–Crippen MR) is 67.5 cm³/mol. The molecule has 88 valence electrons. The molecule has 1 rings (SSSR count). The highest BCUT2D eigenvalue weighted by Crippen LogP contribution is 2.21. The van der Waals surface area contributed by atoms with E-state index in [0.29, 0.717) is 5.69 Å². The van der Waals surface area contributed by atoms with Crippen molar-refractivity contribution in [2.75, 3.05) is 11.4 Å². The van der Waals surface area contributed by atoms with Gasteiger partial charge in [0, 0.05) is 12.1 Å². The predicted octanol–water partition coefficient (Wildman–Crippen LogP) is 2.36. The molecule has 0 spiro atoms. The van der Waals surface area contributed by atoms with Crippen LogP contribution in [0.2, 0.25) is 0 Å². The number of aliphatic hydroxyl groups is 1. The van der Waals surface area contributed by atoms with Crippen LogP contribution >= 0.6 is 0 Å². The summed E-state index contributed by atoms with van der Waals surface area (Å²) in [4.78, 5) is 6.56. The van der Waals surface area contributed by atoms with Crippen LogP contribution in [0.15, 0.2) is 30.9 Å². The molecule has 3 nitrogen and oxygen atoms in total. The zero-order chi connectivity index (χ0) is 12.2. The van der Waals surface area contributed by atoms with Gasteiger partial charge < -0.3 is 10.0 Å².